The van der Waals surface area contributed by atoms with E-state index in [2.05, 4.69) is 16.1 Å². The van der Waals surface area contributed by atoms with Crippen molar-refractivity contribution >= 4 is 33.3 Å². The summed E-state index contributed by atoms with van der Waals surface area (Å²) in [7, 11) is -3.99. The van der Waals surface area contributed by atoms with Crippen molar-refractivity contribution in [2.75, 3.05) is 29.9 Å². The van der Waals surface area contributed by atoms with Crippen LogP contribution < -0.4 is 14.9 Å². The fourth-order valence-corrected chi connectivity index (χ4v) is 7.34. The fraction of sp³-hybridized carbons (Fsp3) is 0.375. The van der Waals surface area contributed by atoms with E-state index in [4.69, 9.17) is 4.74 Å². The number of carbonyl (C=O) groups is 2. The third-order valence-electron chi connectivity index (χ3n) is 8.02. The highest BCUT2D eigenvalue weighted by molar-refractivity contribution is 7.89. The molecule has 0 aromatic heterocycles. The molecule has 1 unspecified atom stereocenters. The van der Waals surface area contributed by atoms with Gasteiger partial charge in [-0.15, -0.1) is 0 Å². The van der Waals surface area contributed by atoms with Crippen LogP contribution in [0.1, 0.15) is 65.7 Å². The second-order valence-corrected chi connectivity index (χ2v) is 12.4. The number of amides is 1. The minimum atomic E-state index is -3.99. The minimum Gasteiger partial charge on any atom is -0.466 e. The Morgan fingerprint density at radius 1 is 0.976 bits per heavy atom. The highest BCUT2D eigenvalue weighted by Crippen LogP contribution is 2.35. The molecular formula is C32H37N3O5S. The van der Waals surface area contributed by atoms with Crippen molar-refractivity contribution in [1.82, 2.24) is 4.72 Å². The Morgan fingerprint density at radius 2 is 1.71 bits per heavy atom. The van der Waals surface area contributed by atoms with Crippen molar-refractivity contribution in [2.45, 2.75) is 56.9 Å². The summed E-state index contributed by atoms with van der Waals surface area (Å²) in [6.07, 6.45) is 3.68. The number of hydrogen-bond acceptors (Lipinski definition) is 6. The predicted octanol–water partition coefficient (Wildman–Crippen LogP) is 5.38. The molecule has 5 rings (SSSR count). The van der Waals surface area contributed by atoms with Crippen molar-refractivity contribution in [3.8, 4) is 0 Å². The Hall–Kier alpha value is -3.69. The lowest BCUT2D eigenvalue weighted by molar-refractivity contribution is -0.148. The van der Waals surface area contributed by atoms with E-state index < -0.39 is 10.0 Å². The number of anilines is 2. The zero-order valence-corrected chi connectivity index (χ0v) is 24.4. The van der Waals surface area contributed by atoms with Crippen LogP contribution in [0.4, 0.5) is 11.4 Å². The standard InChI is InChI=1S/C32H37N3O5S/c1-3-40-32(37)24-17-19-35(20-18-24)29-16-15-25(33-31(36)26-12-6-4-9-22(26)2)21-30(29)41(38,39)34-28-14-8-11-23-10-5-7-13-27(23)28/h4-7,9-10,12-13,15-16,21,24,28,34H,3,8,11,14,17-20H2,1-2H3,(H,33,36). The summed E-state index contributed by atoms with van der Waals surface area (Å²) in [4.78, 5) is 27.5. The highest BCUT2D eigenvalue weighted by Gasteiger charge is 2.32. The van der Waals surface area contributed by atoms with Crippen LogP contribution in [0.15, 0.2) is 71.6 Å². The number of aryl methyl sites for hydroxylation is 2. The number of nitrogens with zero attached hydrogens (tertiary/aromatic N) is 1. The van der Waals surface area contributed by atoms with Gasteiger partial charge < -0.3 is 15.0 Å². The molecule has 1 amide bonds. The minimum absolute atomic E-state index is 0.109. The third kappa shape index (κ3) is 6.47. The Balaban J connectivity index is 1.45. The topological polar surface area (TPSA) is 105 Å². The molecule has 1 aliphatic heterocycles. The molecule has 2 aliphatic rings. The van der Waals surface area contributed by atoms with Gasteiger partial charge >= 0.3 is 5.97 Å². The average Bonchev–Trinajstić information content (AvgIpc) is 2.97. The monoisotopic (exact) mass is 575 g/mol. The average molecular weight is 576 g/mol. The number of piperidine rings is 1. The lowest BCUT2D eigenvalue weighted by Crippen LogP contribution is -2.38. The van der Waals surface area contributed by atoms with Crippen molar-refractivity contribution < 1.29 is 22.7 Å². The van der Waals surface area contributed by atoms with E-state index >= 15 is 0 Å². The molecule has 8 nitrogen and oxygen atoms in total. The quantitative estimate of drug-likeness (QED) is 0.350. The lowest BCUT2D eigenvalue weighted by Gasteiger charge is -2.34. The maximum Gasteiger partial charge on any atom is 0.309 e. The van der Waals surface area contributed by atoms with Gasteiger partial charge in [0, 0.05) is 30.4 Å². The van der Waals surface area contributed by atoms with Gasteiger partial charge in [-0.05, 0) is 86.9 Å². The van der Waals surface area contributed by atoms with Crippen molar-refractivity contribution in [3.05, 3.63) is 89.0 Å². The number of nitrogens with one attached hydrogen (secondary N) is 2. The van der Waals surface area contributed by atoms with Crippen molar-refractivity contribution in [2.24, 2.45) is 5.92 Å². The molecule has 216 valence electrons. The predicted molar refractivity (Wildman–Crippen MR) is 160 cm³/mol. The van der Waals surface area contributed by atoms with Crippen LogP contribution in [0.25, 0.3) is 0 Å². The highest BCUT2D eigenvalue weighted by atomic mass is 32.2. The molecule has 0 saturated carbocycles. The largest absolute Gasteiger partial charge is 0.466 e. The molecule has 41 heavy (non-hydrogen) atoms. The van der Waals surface area contributed by atoms with E-state index in [1.54, 1.807) is 37.3 Å². The number of fused-ring (bicyclic) bond motifs is 1. The van der Waals surface area contributed by atoms with Crippen LogP contribution in [0.3, 0.4) is 0 Å². The maximum atomic E-state index is 14.1. The first-order valence-corrected chi connectivity index (χ1v) is 15.8. The molecule has 1 atom stereocenters. The van der Waals surface area contributed by atoms with E-state index in [0.717, 1.165) is 29.5 Å². The van der Waals surface area contributed by atoms with Crippen LogP contribution >= 0.6 is 0 Å². The molecule has 1 fully saturated rings. The second kappa shape index (κ2) is 12.4. The zero-order chi connectivity index (χ0) is 29.0. The van der Waals surface area contributed by atoms with Gasteiger partial charge in [0.1, 0.15) is 4.90 Å². The van der Waals surface area contributed by atoms with Gasteiger partial charge in [0.2, 0.25) is 10.0 Å². The maximum absolute atomic E-state index is 14.1. The number of benzene rings is 3. The Morgan fingerprint density at radius 3 is 2.46 bits per heavy atom. The molecule has 1 aliphatic carbocycles. The van der Waals surface area contributed by atoms with E-state index in [1.807, 2.05) is 42.2 Å². The molecule has 3 aromatic rings. The lowest BCUT2D eigenvalue weighted by atomic mass is 9.88. The number of hydrogen-bond donors (Lipinski definition) is 2. The molecule has 9 heteroatoms. The number of rotatable bonds is 8. The molecule has 0 spiro atoms. The molecule has 1 saturated heterocycles. The van der Waals surface area contributed by atoms with E-state index in [1.165, 1.54) is 0 Å². The first kappa shape index (κ1) is 28.8. The summed E-state index contributed by atoms with van der Waals surface area (Å²) < 4.78 is 36.3. The molecule has 3 aromatic carbocycles. The van der Waals surface area contributed by atoms with Gasteiger partial charge in [-0.3, -0.25) is 9.59 Å². The Labute approximate surface area is 242 Å². The van der Waals surface area contributed by atoms with E-state index in [-0.39, 0.29) is 28.7 Å². The van der Waals surface area contributed by atoms with Crippen LogP contribution in [0.2, 0.25) is 0 Å². The SMILES string of the molecule is CCOC(=O)C1CCN(c2ccc(NC(=O)c3ccccc3C)cc2S(=O)(=O)NC2CCCc3ccccc32)CC1. The van der Waals surface area contributed by atoms with Gasteiger partial charge in [-0.2, -0.15) is 0 Å². The summed E-state index contributed by atoms with van der Waals surface area (Å²) in [6.45, 7) is 5.04. The third-order valence-corrected chi connectivity index (χ3v) is 9.52. The molecular weight excluding hydrogens is 538 g/mol. The summed E-state index contributed by atoms with van der Waals surface area (Å²) in [5.41, 5.74) is 4.47. The normalized spacial score (nSPS) is 17.5. The van der Waals surface area contributed by atoms with Gasteiger partial charge in [0.15, 0.2) is 0 Å². The molecule has 1 heterocycles. The van der Waals surface area contributed by atoms with Crippen molar-refractivity contribution in [3.63, 3.8) is 0 Å². The first-order chi connectivity index (χ1) is 19.8. The molecule has 0 radical (unpaired) electrons. The van der Waals surface area contributed by atoms with E-state index in [9.17, 15) is 18.0 Å². The number of esters is 1. The fourth-order valence-electron chi connectivity index (χ4n) is 5.84. The van der Waals surface area contributed by atoms with Gasteiger partial charge in [0.25, 0.3) is 5.91 Å². The molecule has 2 N–H and O–H groups in total. The number of sulfonamides is 1. The van der Waals surface area contributed by atoms with Gasteiger partial charge in [-0.25, -0.2) is 13.1 Å². The van der Waals surface area contributed by atoms with Crippen LogP contribution in [0.5, 0.6) is 0 Å². The Kier molecular flexibility index (Phi) is 8.75. The van der Waals surface area contributed by atoms with Gasteiger partial charge in [-0.1, -0.05) is 42.5 Å². The zero-order valence-electron chi connectivity index (χ0n) is 23.6. The number of carbonyl (C=O) groups excluding carboxylic acids is 2. The summed E-state index contributed by atoms with van der Waals surface area (Å²) in [5, 5.41) is 2.89. The van der Waals surface area contributed by atoms with Crippen LogP contribution in [0, 0.1) is 12.8 Å². The first-order valence-electron chi connectivity index (χ1n) is 14.3. The second-order valence-electron chi connectivity index (χ2n) is 10.7. The Bertz CT molecular complexity index is 1530. The summed E-state index contributed by atoms with van der Waals surface area (Å²) >= 11 is 0. The van der Waals surface area contributed by atoms with E-state index in [0.29, 0.717) is 55.9 Å². The van der Waals surface area contributed by atoms with Crippen molar-refractivity contribution in [1.29, 1.82) is 0 Å². The van der Waals surface area contributed by atoms with Crippen LogP contribution in [-0.2, 0) is 26.0 Å². The smallest absolute Gasteiger partial charge is 0.309 e. The van der Waals surface area contributed by atoms with Gasteiger partial charge in [0.05, 0.1) is 18.2 Å². The van der Waals surface area contributed by atoms with Crippen LogP contribution in [-0.4, -0.2) is 40.0 Å². The molecule has 0 bridgehead atoms. The number of ether oxygens (including phenoxy) is 1. The summed E-state index contributed by atoms with van der Waals surface area (Å²) in [6, 6.07) is 19.9. The summed E-state index contributed by atoms with van der Waals surface area (Å²) in [5.74, 6) is -0.702.